The van der Waals surface area contributed by atoms with E-state index in [2.05, 4.69) is 5.32 Å². The number of rotatable bonds is 6. The second kappa shape index (κ2) is 7.43. The molecule has 0 aromatic heterocycles. The molecule has 0 aliphatic rings. The van der Waals surface area contributed by atoms with Gasteiger partial charge in [0.2, 0.25) is 5.91 Å². The number of hydrogen-bond acceptors (Lipinski definition) is 4. The molecular weight excluding hydrogens is 232 g/mol. The third-order valence-corrected chi connectivity index (χ3v) is 2.40. The molecule has 1 rings (SSSR count). The van der Waals surface area contributed by atoms with Gasteiger partial charge >= 0.3 is 0 Å². The molecule has 0 bridgehead atoms. The van der Waals surface area contributed by atoms with E-state index in [1.807, 2.05) is 12.1 Å². The Morgan fingerprint density at radius 2 is 2.17 bits per heavy atom. The van der Waals surface area contributed by atoms with E-state index in [9.17, 15) is 9.90 Å². The number of nitrogens with one attached hydrogen (secondary N) is 1. The highest BCUT2D eigenvalue weighted by Crippen LogP contribution is 2.14. The number of carbonyl (C=O) groups is 1. The Labute approximate surface area is 106 Å². The summed E-state index contributed by atoms with van der Waals surface area (Å²) in [5.74, 6) is -1.28. The SMILES string of the molecule is COCC(O)CNC(=O)C(C#N)c1ccccc1. The van der Waals surface area contributed by atoms with E-state index in [0.29, 0.717) is 5.56 Å². The van der Waals surface area contributed by atoms with E-state index in [1.54, 1.807) is 24.3 Å². The zero-order chi connectivity index (χ0) is 13.4. The van der Waals surface area contributed by atoms with Gasteiger partial charge in [0.1, 0.15) is 5.92 Å². The summed E-state index contributed by atoms with van der Waals surface area (Å²) in [7, 11) is 1.47. The maximum absolute atomic E-state index is 11.8. The van der Waals surface area contributed by atoms with Gasteiger partial charge in [-0.05, 0) is 5.56 Å². The van der Waals surface area contributed by atoms with Crippen LogP contribution >= 0.6 is 0 Å². The highest BCUT2D eigenvalue weighted by atomic mass is 16.5. The molecule has 1 aromatic carbocycles. The number of amides is 1. The van der Waals surface area contributed by atoms with E-state index < -0.39 is 17.9 Å². The summed E-state index contributed by atoms with van der Waals surface area (Å²) >= 11 is 0. The molecule has 96 valence electrons. The number of nitriles is 1. The number of aliphatic hydroxyl groups excluding tert-OH is 1. The number of aliphatic hydroxyl groups is 1. The first-order valence-corrected chi connectivity index (χ1v) is 5.58. The monoisotopic (exact) mass is 248 g/mol. The third-order valence-electron chi connectivity index (χ3n) is 2.40. The van der Waals surface area contributed by atoms with Gasteiger partial charge in [-0.2, -0.15) is 5.26 Å². The predicted octanol–water partition coefficient (Wildman–Crippen LogP) is 0.417. The molecule has 2 N–H and O–H groups in total. The summed E-state index contributed by atoms with van der Waals surface area (Å²) in [5.41, 5.74) is 0.638. The maximum Gasteiger partial charge on any atom is 0.241 e. The lowest BCUT2D eigenvalue weighted by Crippen LogP contribution is -2.36. The van der Waals surface area contributed by atoms with Gasteiger partial charge in [-0.3, -0.25) is 4.79 Å². The average molecular weight is 248 g/mol. The van der Waals surface area contributed by atoms with Gasteiger partial charge in [0.05, 0.1) is 18.8 Å². The summed E-state index contributed by atoms with van der Waals surface area (Å²) in [6.45, 7) is 0.209. The number of benzene rings is 1. The van der Waals surface area contributed by atoms with Crippen molar-refractivity contribution in [2.45, 2.75) is 12.0 Å². The van der Waals surface area contributed by atoms with Crippen LogP contribution in [0.4, 0.5) is 0 Å². The van der Waals surface area contributed by atoms with E-state index >= 15 is 0 Å². The second-order valence-corrected chi connectivity index (χ2v) is 3.83. The number of carbonyl (C=O) groups excluding carboxylic acids is 1. The lowest BCUT2D eigenvalue weighted by Gasteiger charge is -2.13. The Bertz CT molecular complexity index is 414. The lowest BCUT2D eigenvalue weighted by atomic mass is 10.00. The third kappa shape index (κ3) is 4.17. The molecule has 0 radical (unpaired) electrons. The van der Waals surface area contributed by atoms with Crippen molar-refractivity contribution in [2.75, 3.05) is 20.3 Å². The van der Waals surface area contributed by atoms with E-state index in [4.69, 9.17) is 10.00 Å². The Balaban J connectivity index is 2.57. The Hall–Kier alpha value is -1.90. The molecule has 0 spiro atoms. The van der Waals surface area contributed by atoms with Crippen LogP contribution in [0.3, 0.4) is 0 Å². The molecule has 2 unspecified atom stereocenters. The molecule has 5 heteroatoms. The van der Waals surface area contributed by atoms with Crippen molar-refractivity contribution in [3.05, 3.63) is 35.9 Å². The van der Waals surface area contributed by atoms with Crippen LogP contribution in [0.5, 0.6) is 0 Å². The minimum atomic E-state index is -0.860. The summed E-state index contributed by atoms with van der Waals surface area (Å²) in [5, 5.41) is 20.9. The van der Waals surface area contributed by atoms with Crippen LogP contribution < -0.4 is 5.32 Å². The molecule has 2 atom stereocenters. The first kappa shape index (κ1) is 14.2. The van der Waals surface area contributed by atoms with Crippen LogP contribution in [0.2, 0.25) is 0 Å². The fourth-order valence-corrected chi connectivity index (χ4v) is 1.50. The van der Waals surface area contributed by atoms with Crippen molar-refractivity contribution >= 4 is 5.91 Å². The molecule has 0 heterocycles. The number of ether oxygens (including phenoxy) is 1. The van der Waals surface area contributed by atoms with Crippen molar-refractivity contribution in [1.29, 1.82) is 5.26 Å². The first-order chi connectivity index (χ1) is 8.69. The molecule has 0 aliphatic carbocycles. The largest absolute Gasteiger partial charge is 0.389 e. The summed E-state index contributed by atoms with van der Waals surface area (Å²) in [6.07, 6.45) is -0.769. The smallest absolute Gasteiger partial charge is 0.241 e. The zero-order valence-electron chi connectivity index (χ0n) is 10.2. The predicted molar refractivity (Wildman–Crippen MR) is 65.7 cm³/mol. The number of nitrogens with zero attached hydrogens (tertiary/aromatic N) is 1. The molecular formula is C13H16N2O3. The summed E-state index contributed by atoms with van der Waals surface area (Å²) < 4.78 is 4.74. The van der Waals surface area contributed by atoms with Crippen LogP contribution in [-0.4, -0.2) is 37.4 Å². The molecule has 1 amide bonds. The van der Waals surface area contributed by atoms with E-state index in [0.717, 1.165) is 0 Å². The summed E-state index contributed by atoms with van der Waals surface area (Å²) in [4.78, 5) is 11.8. The molecule has 0 saturated carbocycles. The van der Waals surface area contributed by atoms with Crippen LogP contribution in [0, 0.1) is 11.3 Å². The van der Waals surface area contributed by atoms with Gasteiger partial charge in [-0.25, -0.2) is 0 Å². The number of hydrogen-bond donors (Lipinski definition) is 2. The quantitative estimate of drug-likeness (QED) is 0.764. The van der Waals surface area contributed by atoms with Gasteiger partial charge in [0.15, 0.2) is 0 Å². The molecule has 0 aliphatic heterocycles. The second-order valence-electron chi connectivity index (χ2n) is 3.83. The molecule has 18 heavy (non-hydrogen) atoms. The Kier molecular flexibility index (Phi) is 5.85. The first-order valence-electron chi connectivity index (χ1n) is 5.58. The normalized spacial score (nSPS) is 13.4. The maximum atomic E-state index is 11.8. The fraction of sp³-hybridized carbons (Fsp3) is 0.385. The molecule has 5 nitrogen and oxygen atoms in total. The highest BCUT2D eigenvalue weighted by Gasteiger charge is 2.20. The van der Waals surface area contributed by atoms with Crippen LogP contribution in [0.1, 0.15) is 11.5 Å². The minimum Gasteiger partial charge on any atom is -0.389 e. The Morgan fingerprint density at radius 1 is 1.50 bits per heavy atom. The summed E-state index contributed by atoms with van der Waals surface area (Å²) in [6, 6.07) is 10.8. The van der Waals surface area contributed by atoms with Crippen molar-refractivity contribution < 1.29 is 14.6 Å². The van der Waals surface area contributed by atoms with Crippen molar-refractivity contribution in [3.8, 4) is 6.07 Å². The Morgan fingerprint density at radius 3 is 2.72 bits per heavy atom. The average Bonchev–Trinajstić information content (AvgIpc) is 2.39. The molecule has 1 aromatic rings. The van der Waals surface area contributed by atoms with Crippen LogP contribution in [0.25, 0.3) is 0 Å². The van der Waals surface area contributed by atoms with Gasteiger partial charge in [-0.1, -0.05) is 30.3 Å². The topological polar surface area (TPSA) is 82.3 Å². The van der Waals surface area contributed by atoms with Crippen molar-refractivity contribution in [2.24, 2.45) is 0 Å². The van der Waals surface area contributed by atoms with Gasteiger partial charge in [0, 0.05) is 13.7 Å². The number of methoxy groups -OCH3 is 1. The van der Waals surface area contributed by atoms with Gasteiger partial charge in [0.25, 0.3) is 0 Å². The zero-order valence-corrected chi connectivity index (χ0v) is 10.2. The minimum absolute atomic E-state index is 0.0671. The van der Waals surface area contributed by atoms with Crippen LogP contribution in [0.15, 0.2) is 30.3 Å². The molecule has 0 fully saturated rings. The van der Waals surface area contributed by atoms with E-state index in [-0.39, 0.29) is 13.2 Å². The van der Waals surface area contributed by atoms with Crippen LogP contribution in [-0.2, 0) is 9.53 Å². The standard InChI is InChI=1S/C13H16N2O3/c1-18-9-11(16)8-15-13(17)12(7-14)10-5-3-2-4-6-10/h2-6,11-12,16H,8-9H2,1H3,(H,15,17). The lowest BCUT2D eigenvalue weighted by molar-refractivity contribution is -0.122. The van der Waals surface area contributed by atoms with E-state index in [1.165, 1.54) is 7.11 Å². The van der Waals surface area contributed by atoms with Gasteiger partial charge < -0.3 is 15.2 Å². The fourth-order valence-electron chi connectivity index (χ4n) is 1.50. The van der Waals surface area contributed by atoms with Crippen molar-refractivity contribution in [3.63, 3.8) is 0 Å². The van der Waals surface area contributed by atoms with Gasteiger partial charge in [-0.15, -0.1) is 0 Å². The molecule has 0 saturated heterocycles. The van der Waals surface area contributed by atoms with Crippen molar-refractivity contribution in [1.82, 2.24) is 5.32 Å². The highest BCUT2D eigenvalue weighted by molar-refractivity contribution is 5.86.